The molecule has 2 atom stereocenters. The van der Waals surface area contributed by atoms with Crippen LogP contribution in [-0.2, 0) is 0 Å². The van der Waals surface area contributed by atoms with E-state index in [0.717, 1.165) is 53.8 Å². The van der Waals surface area contributed by atoms with E-state index in [4.69, 9.17) is 4.98 Å². The fraction of sp³-hybridized carbons (Fsp3) is 0.333. The third kappa shape index (κ3) is 4.02. The lowest BCUT2D eigenvalue weighted by Gasteiger charge is -2.29. The van der Waals surface area contributed by atoms with Crippen molar-refractivity contribution in [2.45, 2.75) is 56.6 Å². The number of nitrogens with zero attached hydrogens (tertiary/aromatic N) is 5. The van der Waals surface area contributed by atoms with Crippen LogP contribution in [0.15, 0.2) is 55.0 Å². The third-order valence-corrected chi connectivity index (χ3v) is 6.96. The van der Waals surface area contributed by atoms with Crippen LogP contribution >= 0.6 is 0 Å². The molecule has 34 heavy (non-hydrogen) atoms. The number of hydrogen-bond acceptors (Lipinski definition) is 6. The molecule has 6 rings (SSSR count). The normalized spacial score (nSPS) is 20.2. The van der Waals surface area contributed by atoms with Crippen LogP contribution in [0.1, 0.15) is 61.6 Å². The van der Waals surface area contributed by atoms with Crippen molar-refractivity contribution in [1.29, 1.82) is 5.26 Å². The van der Waals surface area contributed by atoms with E-state index in [1.807, 2.05) is 6.33 Å². The Bertz CT molecular complexity index is 1400. The van der Waals surface area contributed by atoms with E-state index in [1.54, 1.807) is 18.3 Å². The number of pyridine rings is 2. The van der Waals surface area contributed by atoms with Crippen LogP contribution in [0.5, 0.6) is 0 Å². The summed E-state index contributed by atoms with van der Waals surface area (Å²) in [5.41, 5.74) is 5.67. The van der Waals surface area contributed by atoms with Gasteiger partial charge in [0.15, 0.2) is 0 Å². The molecule has 7 heteroatoms. The number of rotatable bonds is 5. The van der Waals surface area contributed by atoms with Gasteiger partial charge in [-0.3, -0.25) is 0 Å². The third-order valence-electron chi connectivity index (χ3n) is 6.96. The summed E-state index contributed by atoms with van der Waals surface area (Å²) < 4.78 is 2.14. The van der Waals surface area contributed by atoms with Gasteiger partial charge in [-0.1, -0.05) is 18.9 Å². The molecular formula is C27H26N6O. The molecule has 2 saturated carbocycles. The number of nitriles is 1. The highest BCUT2D eigenvalue weighted by Crippen LogP contribution is 2.42. The molecule has 0 aliphatic heterocycles. The van der Waals surface area contributed by atoms with E-state index < -0.39 is 0 Å². The molecule has 0 radical (unpaired) electrons. The Kier molecular flexibility index (Phi) is 5.23. The van der Waals surface area contributed by atoms with Gasteiger partial charge in [0.2, 0.25) is 0 Å². The van der Waals surface area contributed by atoms with Crippen LogP contribution < -0.4 is 5.32 Å². The lowest BCUT2D eigenvalue weighted by atomic mass is 9.92. The average molecular weight is 451 g/mol. The van der Waals surface area contributed by atoms with Crippen molar-refractivity contribution in [3.8, 4) is 17.3 Å². The van der Waals surface area contributed by atoms with Crippen LogP contribution in [0.2, 0.25) is 0 Å². The Morgan fingerprint density at radius 2 is 1.85 bits per heavy atom. The summed E-state index contributed by atoms with van der Waals surface area (Å²) in [5, 5.41) is 23.0. The largest absolute Gasteiger partial charge is 0.391 e. The standard InChI is InChI=1S/C27H26N6O/c28-15-17-9-10-29-26(11-17)32-27-14-20(18-5-6-18)13-21(31-27)19-7-8-23-22(12-19)30-16-33(23)24-3-1-2-4-25(24)34/h7-14,16,18,24-25,34H,1-6H2,(H,29,31,32)/t24-,25-/m1/s1. The maximum absolute atomic E-state index is 10.5. The van der Waals surface area contributed by atoms with E-state index >= 15 is 0 Å². The number of benzene rings is 1. The number of aliphatic hydroxyl groups excluding tert-OH is 1. The van der Waals surface area contributed by atoms with Gasteiger partial charge < -0.3 is 15.0 Å². The number of aromatic nitrogens is 4. The van der Waals surface area contributed by atoms with Gasteiger partial charge >= 0.3 is 0 Å². The monoisotopic (exact) mass is 450 g/mol. The van der Waals surface area contributed by atoms with Crippen LogP contribution in [0.4, 0.5) is 11.6 Å². The summed E-state index contributed by atoms with van der Waals surface area (Å²) in [6.07, 6.45) is 9.62. The lowest BCUT2D eigenvalue weighted by molar-refractivity contribution is 0.0773. The zero-order valence-electron chi connectivity index (χ0n) is 18.9. The second-order valence-electron chi connectivity index (χ2n) is 9.39. The first kappa shape index (κ1) is 20.8. The van der Waals surface area contributed by atoms with Crippen molar-refractivity contribution in [2.24, 2.45) is 0 Å². The molecule has 170 valence electrons. The van der Waals surface area contributed by atoms with Crippen molar-refractivity contribution in [3.05, 3.63) is 66.1 Å². The minimum Gasteiger partial charge on any atom is -0.391 e. The zero-order valence-corrected chi connectivity index (χ0v) is 18.9. The average Bonchev–Trinajstić information content (AvgIpc) is 3.64. The van der Waals surface area contributed by atoms with E-state index in [0.29, 0.717) is 17.3 Å². The Hall–Kier alpha value is -3.76. The fourth-order valence-corrected chi connectivity index (χ4v) is 4.99. The van der Waals surface area contributed by atoms with Crippen LogP contribution in [0.25, 0.3) is 22.3 Å². The highest BCUT2D eigenvalue weighted by molar-refractivity contribution is 5.82. The number of hydrogen-bond donors (Lipinski definition) is 2. The minimum atomic E-state index is -0.315. The quantitative estimate of drug-likeness (QED) is 0.419. The van der Waals surface area contributed by atoms with Gasteiger partial charge in [-0.15, -0.1) is 0 Å². The number of nitrogens with one attached hydrogen (secondary N) is 1. The molecule has 4 aromatic rings. The molecule has 0 saturated heterocycles. The van der Waals surface area contributed by atoms with Crippen molar-refractivity contribution >= 4 is 22.7 Å². The fourth-order valence-electron chi connectivity index (χ4n) is 4.99. The second-order valence-corrected chi connectivity index (χ2v) is 9.39. The number of aliphatic hydroxyl groups is 1. The Morgan fingerprint density at radius 3 is 2.68 bits per heavy atom. The molecule has 0 spiro atoms. The van der Waals surface area contributed by atoms with Gasteiger partial charge in [-0.2, -0.15) is 5.26 Å². The maximum Gasteiger partial charge on any atom is 0.132 e. The first-order valence-electron chi connectivity index (χ1n) is 12.0. The Labute approximate surface area is 198 Å². The van der Waals surface area contributed by atoms with Gasteiger partial charge in [0.25, 0.3) is 0 Å². The first-order chi connectivity index (χ1) is 16.7. The molecule has 0 unspecified atom stereocenters. The van der Waals surface area contributed by atoms with Gasteiger partial charge in [0, 0.05) is 11.8 Å². The molecule has 0 bridgehead atoms. The van der Waals surface area contributed by atoms with Crippen molar-refractivity contribution < 1.29 is 5.11 Å². The maximum atomic E-state index is 10.5. The molecule has 0 amide bonds. The Balaban J connectivity index is 1.35. The summed E-state index contributed by atoms with van der Waals surface area (Å²) in [6, 6.07) is 16.2. The van der Waals surface area contributed by atoms with E-state index in [2.05, 4.69) is 56.3 Å². The smallest absolute Gasteiger partial charge is 0.132 e. The van der Waals surface area contributed by atoms with Crippen LogP contribution in [0, 0.1) is 11.3 Å². The van der Waals surface area contributed by atoms with Crippen LogP contribution in [0.3, 0.4) is 0 Å². The highest BCUT2D eigenvalue weighted by Gasteiger charge is 2.27. The SMILES string of the molecule is N#Cc1ccnc(Nc2cc(C3CC3)cc(-c3ccc4c(c3)ncn4[C@@H]3CCCC[C@H]3O)n2)c1. The molecule has 3 aromatic heterocycles. The molecule has 2 aliphatic rings. The van der Waals surface area contributed by atoms with E-state index in [9.17, 15) is 10.4 Å². The molecule has 2 aliphatic carbocycles. The summed E-state index contributed by atoms with van der Waals surface area (Å²) in [6.45, 7) is 0. The van der Waals surface area contributed by atoms with Gasteiger partial charge in [-0.25, -0.2) is 15.0 Å². The van der Waals surface area contributed by atoms with E-state index in [-0.39, 0.29) is 12.1 Å². The minimum absolute atomic E-state index is 0.0911. The molecule has 2 fully saturated rings. The second kappa shape index (κ2) is 8.54. The molecule has 7 nitrogen and oxygen atoms in total. The molecule has 3 heterocycles. The topological polar surface area (TPSA) is 99.7 Å². The van der Waals surface area contributed by atoms with Crippen molar-refractivity contribution in [3.63, 3.8) is 0 Å². The highest BCUT2D eigenvalue weighted by atomic mass is 16.3. The molecular weight excluding hydrogens is 424 g/mol. The van der Waals surface area contributed by atoms with Crippen molar-refractivity contribution in [2.75, 3.05) is 5.32 Å². The van der Waals surface area contributed by atoms with E-state index in [1.165, 1.54) is 18.4 Å². The van der Waals surface area contributed by atoms with Gasteiger partial charge in [0.05, 0.1) is 46.8 Å². The van der Waals surface area contributed by atoms with Gasteiger partial charge in [0.1, 0.15) is 11.6 Å². The summed E-state index contributed by atoms with van der Waals surface area (Å²) in [7, 11) is 0. The summed E-state index contributed by atoms with van der Waals surface area (Å²) in [4.78, 5) is 13.9. The molecule has 1 aromatic carbocycles. The summed E-state index contributed by atoms with van der Waals surface area (Å²) >= 11 is 0. The van der Waals surface area contributed by atoms with Gasteiger partial charge in [-0.05, 0) is 73.6 Å². The first-order valence-corrected chi connectivity index (χ1v) is 12.0. The summed E-state index contributed by atoms with van der Waals surface area (Å²) in [5.74, 6) is 1.89. The van der Waals surface area contributed by atoms with Crippen molar-refractivity contribution in [1.82, 2.24) is 19.5 Å². The predicted octanol–water partition coefficient (Wildman–Crippen LogP) is 5.46. The Morgan fingerprint density at radius 1 is 0.971 bits per heavy atom. The number of imidazole rings is 1. The zero-order chi connectivity index (χ0) is 23.1. The number of fused-ring (bicyclic) bond motifs is 1. The lowest BCUT2D eigenvalue weighted by Crippen LogP contribution is -2.27. The van der Waals surface area contributed by atoms with Crippen LogP contribution in [-0.4, -0.2) is 30.7 Å². The predicted molar refractivity (Wildman–Crippen MR) is 131 cm³/mol. The molecule has 2 N–H and O–H groups in total. The number of anilines is 2.